The summed E-state index contributed by atoms with van der Waals surface area (Å²) >= 11 is 0. The zero-order chi connectivity index (χ0) is 45.3. The van der Waals surface area contributed by atoms with E-state index in [2.05, 4.69) is 26.0 Å². The predicted octanol–water partition coefficient (Wildman–Crippen LogP) is 3.87. The van der Waals surface area contributed by atoms with Crippen LogP contribution in [0.5, 0.6) is 11.5 Å². The molecule has 1 saturated heterocycles. The Morgan fingerprint density at radius 2 is 1.71 bits per heavy atom. The number of primary amides is 1. The van der Waals surface area contributed by atoms with Crippen LogP contribution in [0, 0.1) is 17.0 Å². The molecule has 62 heavy (non-hydrogen) atoms. The van der Waals surface area contributed by atoms with E-state index in [1.165, 1.54) is 25.1 Å². The number of anilines is 2. The van der Waals surface area contributed by atoms with Crippen LogP contribution in [-0.4, -0.2) is 123 Å². The van der Waals surface area contributed by atoms with Gasteiger partial charge in [0, 0.05) is 63.5 Å². The van der Waals surface area contributed by atoms with Crippen LogP contribution in [0.2, 0.25) is 0 Å². The Balaban J connectivity index is 1.32. The first kappa shape index (κ1) is 45.6. The molecule has 5 N–H and O–H groups in total. The van der Waals surface area contributed by atoms with Crippen molar-refractivity contribution in [2.75, 3.05) is 64.1 Å². The highest BCUT2D eigenvalue weighted by atomic mass is 16.6. The lowest BCUT2D eigenvalue weighted by atomic mass is 10.1. The fourth-order valence-corrected chi connectivity index (χ4v) is 6.46. The number of methoxy groups -OCH3 is 1. The van der Waals surface area contributed by atoms with Crippen molar-refractivity contribution in [2.24, 2.45) is 5.73 Å². The number of carbonyl (C=O) groups excluding carboxylic acids is 5. The van der Waals surface area contributed by atoms with E-state index in [1.54, 1.807) is 84.3 Å². The molecule has 0 radical (unpaired) electrons. The first-order chi connectivity index (χ1) is 29.4. The lowest BCUT2D eigenvalue weighted by Crippen LogP contribution is -2.53. The second-order valence-corrected chi connectivity index (χ2v) is 15.0. The van der Waals surface area contributed by atoms with E-state index >= 15 is 0 Å². The number of rotatable bonds is 17. The standard InChI is InChI=1S/C41H51N11O10/c1-8-51-30(19-25(2)47-51)38(56)46-39-45-28-20-27(37(55)43-6)23-32(60-7)35(28)50(39)15-10-9-13-44-34-29(52(58)59)21-26(36(42)54)22-31(34)61-18-12-11-14-48-16-17-49(24-33(48)53)40(57)62-41(3,4)5/h9-12,19-23,44H,8,13-18,24H2,1-7H3,(H2,42,54)(H,43,55)(H,45,46,56)/b10-9+,12-11+. The molecular weight excluding hydrogens is 807 g/mol. The molecule has 0 bridgehead atoms. The van der Waals surface area contributed by atoms with Crippen molar-refractivity contribution in [2.45, 2.75) is 53.3 Å². The molecule has 0 atom stereocenters. The highest BCUT2D eigenvalue weighted by Gasteiger charge is 2.30. The van der Waals surface area contributed by atoms with Crippen LogP contribution in [-0.2, 0) is 22.6 Å². The van der Waals surface area contributed by atoms with Crippen molar-refractivity contribution in [1.82, 2.24) is 34.4 Å². The summed E-state index contributed by atoms with van der Waals surface area (Å²) in [6, 6.07) is 7.15. The van der Waals surface area contributed by atoms with Gasteiger partial charge >= 0.3 is 6.09 Å². The average molecular weight is 858 g/mol. The van der Waals surface area contributed by atoms with Gasteiger partial charge in [0.1, 0.15) is 35.7 Å². The topological polar surface area (TPSA) is 260 Å². The van der Waals surface area contributed by atoms with Gasteiger partial charge in [-0.1, -0.05) is 18.2 Å². The normalized spacial score (nSPS) is 13.2. The summed E-state index contributed by atoms with van der Waals surface area (Å²) in [5, 5.41) is 25.0. The average Bonchev–Trinajstić information content (AvgIpc) is 3.78. The van der Waals surface area contributed by atoms with Gasteiger partial charge in [0.05, 0.1) is 23.2 Å². The predicted molar refractivity (Wildman–Crippen MR) is 229 cm³/mol. The minimum Gasteiger partial charge on any atom is -0.494 e. The van der Waals surface area contributed by atoms with Crippen molar-refractivity contribution in [3.63, 3.8) is 0 Å². The summed E-state index contributed by atoms with van der Waals surface area (Å²) < 4.78 is 20.2. The highest BCUT2D eigenvalue weighted by Crippen LogP contribution is 2.36. The van der Waals surface area contributed by atoms with E-state index in [0.29, 0.717) is 53.4 Å². The Hall–Kier alpha value is -7.45. The lowest BCUT2D eigenvalue weighted by Gasteiger charge is -2.34. The largest absolute Gasteiger partial charge is 0.494 e. The fraction of sp³-hybridized carbons (Fsp3) is 0.390. The van der Waals surface area contributed by atoms with Gasteiger partial charge in [-0.2, -0.15) is 5.10 Å². The van der Waals surface area contributed by atoms with Crippen LogP contribution < -0.4 is 31.2 Å². The molecular formula is C41H51N11O10. The molecule has 2 aromatic heterocycles. The lowest BCUT2D eigenvalue weighted by molar-refractivity contribution is -0.384. The number of nitro groups is 1. The van der Waals surface area contributed by atoms with Gasteiger partial charge in [0.15, 0.2) is 11.4 Å². The second kappa shape index (κ2) is 19.7. The maximum absolute atomic E-state index is 13.5. The Bertz CT molecular complexity index is 2430. The highest BCUT2D eigenvalue weighted by molar-refractivity contribution is 6.04. The van der Waals surface area contributed by atoms with Crippen molar-refractivity contribution in [1.29, 1.82) is 0 Å². The molecule has 5 amide bonds. The molecule has 1 fully saturated rings. The molecule has 330 valence electrons. The fourth-order valence-electron chi connectivity index (χ4n) is 6.46. The number of nitrogens with zero attached hydrogens (tertiary/aromatic N) is 7. The first-order valence-corrected chi connectivity index (χ1v) is 19.6. The number of amides is 5. The number of carbonyl (C=O) groups is 5. The summed E-state index contributed by atoms with van der Waals surface area (Å²) in [4.78, 5) is 82.5. The number of nitrogens with one attached hydrogen (secondary N) is 3. The molecule has 3 heterocycles. The Morgan fingerprint density at radius 3 is 2.35 bits per heavy atom. The number of benzene rings is 2. The van der Waals surface area contributed by atoms with E-state index in [1.807, 2.05) is 6.92 Å². The summed E-state index contributed by atoms with van der Waals surface area (Å²) in [5.74, 6) is -1.51. The van der Waals surface area contributed by atoms with Gasteiger partial charge in [-0.15, -0.1) is 0 Å². The van der Waals surface area contributed by atoms with Crippen LogP contribution in [0.3, 0.4) is 0 Å². The zero-order valence-corrected chi connectivity index (χ0v) is 35.6. The SMILES string of the molecule is CCn1nc(C)cc1C(=O)Nc1nc2cc(C(=O)NC)cc(OC)c2n1C/C=C/CNc1c(OC/C=C/CN2CCN(C(=O)OC(C)(C)C)CC2=O)cc(C(N)=O)cc1[N+](=O)[O-]. The van der Waals surface area contributed by atoms with Gasteiger partial charge in [-0.25, -0.2) is 9.78 Å². The van der Waals surface area contributed by atoms with Crippen LogP contribution in [0.25, 0.3) is 11.0 Å². The van der Waals surface area contributed by atoms with Gasteiger partial charge in [-0.05, 0) is 65.0 Å². The number of ether oxygens (including phenoxy) is 3. The second-order valence-electron chi connectivity index (χ2n) is 15.0. The third-order valence-electron chi connectivity index (χ3n) is 9.39. The van der Waals surface area contributed by atoms with Crippen LogP contribution in [0.4, 0.5) is 22.1 Å². The Morgan fingerprint density at radius 1 is 0.984 bits per heavy atom. The molecule has 0 saturated carbocycles. The van der Waals surface area contributed by atoms with Crippen molar-refractivity contribution >= 4 is 58.1 Å². The molecule has 0 spiro atoms. The number of piperazine rings is 1. The summed E-state index contributed by atoms with van der Waals surface area (Å²) in [6.07, 6.45) is 6.17. The molecule has 21 nitrogen and oxygen atoms in total. The van der Waals surface area contributed by atoms with Gasteiger partial charge in [-0.3, -0.25) is 44.2 Å². The van der Waals surface area contributed by atoms with Crippen molar-refractivity contribution in [3.05, 3.63) is 87.3 Å². The smallest absolute Gasteiger partial charge is 0.410 e. The van der Waals surface area contributed by atoms with E-state index < -0.39 is 34.1 Å². The number of nitrogens with two attached hydrogens (primary N) is 1. The molecule has 4 aromatic rings. The quantitative estimate of drug-likeness (QED) is 0.0669. The molecule has 5 rings (SSSR count). The van der Waals surface area contributed by atoms with Crippen molar-refractivity contribution < 1.29 is 43.1 Å². The molecule has 0 unspecified atom stereocenters. The maximum atomic E-state index is 13.5. The number of fused-ring (bicyclic) bond motifs is 1. The number of hydrogen-bond acceptors (Lipinski definition) is 13. The van der Waals surface area contributed by atoms with E-state index in [4.69, 9.17) is 19.9 Å². The number of imidazole rings is 1. The molecule has 0 aliphatic carbocycles. The minimum atomic E-state index is -0.897. The number of aryl methyl sites for hydroxylation is 2. The van der Waals surface area contributed by atoms with E-state index in [0.717, 1.165) is 6.07 Å². The number of allylic oxidation sites excluding steroid dienone is 1. The van der Waals surface area contributed by atoms with Crippen LogP contribution in [0.1, 0.15) is 64.6 Å². The Kier molecular flexibility index (Phi) is 14.5. The first-order valence-electron chi connectivity index (χ1n) is 19.6. The van der Waals surface area contributed by atoms with Crippen LogP contribution in [0.15, 0.2) is 54.6 Å². The van der Waals surface area contributed by atoms with E-state index in [9.17, 15) is 34.1 Å². The van der Waals surface area contributed by atoms with Gasteiger partial charge < -0.3 is 40.0 Å². The third kappa shape index (κ3) is 11.0. The molecule has 1 aliphatic heterocycles. The number of hydrogen-bond donors (Lipinski definition) is 4. The third-order valence-corrected chi connectivity index (χ3v) is 9.39. The zero-order valence-electron chi connectivity index (χ0n) is 35.6. The maximum Gasteiger partial charge on any atom is 0.410 e. The molecule has 21 heteroatoms. The van der Waals surface area contributed by atoms with Crippen LogP contribution >= 0.6 is 0 Å². The summed E-state index contributed by atoms with van der Waals surface area (Å²) in [6.45, 7) is 10.1. The molecule has 2 aromatic carbocycles. The Labute approximate surface area is 357 Å². The molecule has 1 aliphatic rings. The number of nitro benzene ring substituents is 1. The summed E-state index contributed by atoms with van der Waals surface area (Å²) in [5.41, 5.74) is 6.34. The van der Waals surface area contributed by atoms with Gasteiger partial charge in [0.25, 0.3) is 17.5 Å². The van der Waals surface area contributed by atoms with Crippen molar-refractivity contribution in [3.8, 4) is 11.5 Å². The number of aromatic nitrogens is 4. The summed E-state index contributed by atoms with van der Waals surface area (Å²) in [7, 11) is 2.95. The van der Waals surface area contributed by atoms with Gasteiger partial charge in [0.2, 0.25) is 17.8 Å². The minimum absolute atomic E-state index is 0.0150. The monoisotopic (exact) mass is 857 g/mol. The van der Waals surface area contributed by atoms with E-state index in [-0.39, 0.29) is 67.5 Å².